The van der Waals surface area contributed by atoms with Gasteiger partial charge < -0.3 is 4.74 Å². The third kappa shape index (κ3) is 2.37. The molecule has 3 rings (SSSR count). The zero-order valence-corrected chi connectivity index (χ0v) is 11.8. The molecule has 0 amide bonds. The normalized spacial score (nSPS) is 21.6. The Kier molecular flexibility index (Phi) is 3.06. The van der Waals surface area contributed by atoms with E-state index >= 15 is 0 Å². The number of aryl methyl sites for hydroxylation is 2. The van der Waals surface area contributed by atoms with Crippen LogP contribution in [0.2, 0.25) is 0 Å². The van der Waals surface area contributed by atoms with Crippen molar-refractivity contribution in [3.05, 3.63) is 64.7 Å². The molecular weight excluding hydrogens is 232 g/mol. The van der Waals surface area contributed by atoms with Crippen molar-refractivity contribution in [3.63, 3.8) is 0 Å². The topological polar surface area (TPSA) is 9.23 Å². The predicted octanol–water partition coefficient (Wildman–Crippen LogP) is 4.61. The lowest BCUT2D eigenvalue weighted by molar-refractivity contribution is 0.183. The van der Waals surface area contributed by atoms with E-state index in [4.69, 9.17) is 4.74 Å². The van der Waals surface area contributed by atoms with E-state index in [1.807, 2.05) is 0 Å². The van der Waals surface area contributed by atoms with Crippen LogP contribution in [0.15, 0.2) is 42.5 Å². The van der Waals surface area contributed by atoms with E-state index in [9.17, 15) is 0 Å². The van der Waals surface area contributed by atoms with Crippen LogP contribution in [-0.4, -0.2) is 6.10 Å². The Labute approximate surface area is 115 Å². The first kappa shape index (κ1) is 12.3. The average molecular weight is 252 g/mol. The third-order valence-electron chi connectivity index (χ3n) is 3.92. The van der Waals surface area contributed by atoms with Gasteiger partial charge in [-0.3, -0.25) is 0 Å². The van der Waals surface area contributed by atoms with Crippen LogP contribution in [0.4, 0.5) is 0 Å². The number of hydrogen-bond acceptors (Lipinski definition) is 1. The van der Waals surface area contributed by atoms with Gasteiger partial charge in [0, 0.05) is 11.5 Å². The summed E-state index contributed by atoms with van der Waals surface area (Å²) in [6.45, 7) is 6.43. The summed E-state index contributed by atoms with van der Waals surface area (Å²) in [5, 5.41) is 0. The molecule has 19 heavy (non-hydrogen) atoms. The molecule has 0 spiro atoms. The van der Waals surface area contributed by atoms with Gasteiger partial charge in [-0.15, -0.1) is 0 Å². The van der Waals surface area contributed by atoms with Gasteiger partial charge in [-0.2, -0.15) is 0 Å². The Morgan fingerprint density at radius 3 is 2.37 bits per heavy atom. The van der Waals surface area contributed by atoms with Crippen LogP contribution in [-0.2, 0) is 0 Å². The van der Waals surface area contributed by atoms with E-state index in [0.29, 0.717) is 5.92 Å². The molecule has 0 N–H and O–H groups in total. The molecule has 2 unspecified atom stereocenters. The van der Waals surface area contributed by atoms with Gasteiger partial charge in [-0.05, 0) is 38.8 Å². The van der Waals surface area contributed by atoms with Crippen molar-refractivity contribution >= 4 is 0 Å². The number of ether oxygens (including phenoxy) is 1. The predicted molar refractivity (Wildman–Crippen MR) is 78.9 cm³/mol. The molecule has 1 nitrogen and oxygen atoms in total. The van der Waals surface area contributed by atoms with Gasteiger partial charge in [0.2, 0.25) is 0 Å². The van der Waals surface area contributed by atoms with Gasteiger partial charge in [0.15, 0.2) is 0 Å². The zero-order valence-electron chi connectivity index (χ0n) is 11.8. The van der Waals surface area contributed by atoms with Crippen molar-refractivity contribution in [2.24, 2.45) is 0 Å². The molecule has 1 aliphatic rings. The largest absolute Gasteiger partial charge is 0.490 e. The molecule has 1 heterocycles. The lowest BCUT2D eigenvalue weighted by Gasteiger charge is -2.31. The maximum Gasteiger partial charge on any atom is 0.123 e. The van der Waals surface area contributed by atoms with Crippen molar-refractivity contribution in [2.75, 3.05) is 0 Å². The van der Waals surface area contributed by atoms with Crippen LogP contribution in [0.1, 0.15) is 41.5 Å². The van der Waals surface area contributed by atoms with Crippen molar-refractivity contribution in [1.29, 1.82) is 0 Å². The van der Waals surface area contributed by atoms with Gasteiger partial charge >= 0.3 is 0 Å². The van der Waals surface area contributed by atoms with Gasteiger partial charge in [-0.25, -0.2) is 0 Å². The average Bonchev–Trinajstić information content (AvgIpc) is 2.39. The summed E-state index contributed by atoms with van der Waals surface area (Å²) in [7, 11) is 0. The lowest BCUT2D eigenvalue weighted by atomic mass is 9.83. The van der Waals surface area contributed by atoms with Gasteiger partial charge in [0.05, 0.1) is 6.10 Å². The molecule has 0 aromatic heterocycles. The van der Waals surface area contributed by atoms with Crippen molar-refractivity contribution in [1.82, 2.24) is 0 Å². The van der Waals surface area contributed by atoms with Gasteiger partial charge in [0.1, 0.15) is 5.75 Å². The fraction of sp³-hybridized carbons (Fsp3) is 0.333. The first-order valence-electron chi connectivity index (χ1n) is 6.97. The van der Waals surface area contributed by atoms with Crippen molar-refractivity contribution in [2.45, 2.75) is 39.2 Å². The number of hydrogen-bond donors (Lipinski definition) is 0. The first-order chi connectivity index (χ1) is 9.13. The molecule has 0 saturated carbocycles. The highest BCUT2D eigenvalue weighted by atomic mass is 16.5. The standard InChI is InChI=1S/C18H20O/c1-12-4-7-15(8-5-12)16-11-14(3)19-18-9-6-13(2)10-17(16)18/h4-10,14,16H,11H2,1-3H3. The Morgan fingerprint density at radius 1 is 0.947 bits per heavy atom. The molecule has 98 valence electrons. The second kappa shape index (κ2) is 4.73. The van der Waals surface area contributed by atoms with Crippen LogP contribution in [0, 0.1) is 13.8 Å². The summed E-state index contributed by atoms with van der Waals surface area (Å²) in [6, 6.07) is 15.4. The van der Waals surface area contributed by atoms with E-state index in [0.717, 1.165) is 12.2 Å². The Morgan fingerprint density at radius 2 is 1.63 bits per heavy atom. The molecule has 0 aliphatic carbocycles. The van der Waals surface area contributed by atoms with E-state index in [2.05, 4.69) is 63.2 Å². The number of fused-ring (bicyclic) bond motifs is 1. The number of rotatable bonds is 1. The Hall–Kier alpha value is -1.76. The Bertz CT molecular complexity index is 583. The van der Waals surface area contributed by atoms with Crippen LogP contribution in [0.5, 0.6) is 5.75 Å². The molecule has 2 aromatic rings. The highest BCUT2D eigenvalue weighted by Crippen LogP contribution is 2.40. The van der Waals surface area contributed by atoms with E-state index in [-0.39, 0.29) is 6.10 Å². The molecular formula is C18H20O. The first-order valence-corrected chi connectivity index (χ1v) is 6.97. The van der Waals surface area contributed by atoms with Crippen LogP contribution in [0.25, 0.3) is 0 Å². The van der Waals surface area contributed by atoms with Crippen LogP contribution >= 0.6 is 0 Å². The minimum Gasteiger partial charge on any atom is -0.490 e. The summed E-state index contributed by atoms with van der Waals surface area (Å²) in [4.78, 5) is 0. The SMILES string of the molecule is Cc1ccc(C2CC(C)Oc3ccc(C)cc32)cc1. The second-order valence-electron chi connectivity index (χ2n) is 5.67. The monoisotopic (exact) mass is 252 g/mol. The van der Waals surface area contributed by atoms with E-state index in [1.54, 1.807) is 0 Å². The third-order valence-corrected chi connectivity index (χ3v) is 3.92. The van der Waals surface area contributed by atoms with Crippen LogP contribution < -0.4 is 4.74 Å². The van der Waals surface area contributed by atoms with Gasteiger partial charge in [0.25, 0.3) is 0 Å². The smallest absolute Gasteiger partial charge is 0.123 e. The van der Waals surface area contributed by atoms with Crippen molar-refractivity contribution < 1.29 is 4.74 Å². The zero-order chi connectivity index (χ0) is 13.4. The highest BCUT2D eigenvalue weighted by molar-refractivity contribution is 5.46. The maximum absolute atomic E-state index is 5.96. The molecule has 2 aromatic carbocycles. The van der Waals surface area contributed by atoms with Crippen LogP contribution in [0.3, 0.4) is 0 Å². The second-order valence-corrected chi connectivity index (χ2v) is 5.67. The summed E-state index contributed by atoms with van der Waals surface area (Å²) < 4.78 is 5.96. The fourth-order valence-electron chi connectivity index (χ4n) is 2.89. The quantitative estimate of drug-likeness (QED) is 0.720. The maximum atomic E-state index is 5.96. The molecule has 0 saturated heterocycles. The molecule has 1 aliphatic heterocycles. The molecule has 0 bridgehead atoms. The number of benzene rings is 2. The summed E-state index contributed by atoms with van der Waals surface area (Å²) in [6.07, 6.45) is 1.33. The Balaban J connectivity index is 2.07. The van der Waals surface area contributed by atoms with Gasteiger partial charge in [-0.1, -0.05) is 47.5 Å². The summed E-state index contributed by atoms with van der Waals surface area (Å²) >= 11 is 0. The lowest BCUT2D eigenvalue weighted by Crippen LogP contribution is -2.23. The minimum atomic E-state index is 0.279. The minimum absolute atomic E-state index is 0.279. The van der Waals surface area contributed by atoms with Crippen molar-refractivity contribution in [3.8, 4) is 5.75 Å². The van der Waals surface area contributed by atoms with E-state index in [1.165, 1.54) is 22.3 Å². The molecule has 1 heteroatoms. The fourth-order valence-corrected chi connectivity index (χ4v) is 2.89. The molecule has 0 radical (unpaired) electrons. The van der Waals surface area contributed by atoms with E-state index < -0.39 is 0 Å². The highest BCUT2D eigenvalue weighted by Gasteiger charge is 2.27. The molecule has 2 atom stereocenters. The summed E-state index contributed by atoms with van der Waals surface area (Å²) in [5.74, 6) is 1.51. The summed E-state index contributed by atoms with van der Waals surface area (Å²) in [5.41, 5.74) is 5.34. The molecule has 0 fully saturated rings.